The number of halogens is 1. The molecule has 0 aliphatic carbocycles. The third kappa shape index (κ3) is 2.12. The zero-order valence-corrected chi connectivity index (χ0v) is 9.03. The molecule has 0 aliphatic heterocycles. The van der Waals surface area contributed by atoms with E-state index >= 15 is 0 Å². The number of aromatic nitrogens is 4. The Morgan fingerprint density at radius 1 is 1.60 bits per heavy atom. The van der Waals surface area contributed by atoms with Gasteiger partial charge in [0.05, 0.1) is 30.1 Å². The van der Waals surface area contributed by atoms with Crippen LogP contribution in [0.3, 0.4) is 0 Å². The predicted molar refractivity (Wildman–Crippen MR) is 56.9 cm³/mol. The van der Waals surface area contributed by atoms with E-state index in [9.17, 15) is 4.79 Å². The number of hydrogen-bond acceptors (Lipinski definition) is 2. The summed E-state index contributed by atoms with van der Waals surface area (Å²) in [6.07, 6.45) is 3.56. The van der Waals surface area contributed by atoms with Crippen molar-refractivity contribution in [3.8, 4) is 0 Å². The van der Waals surface area contributed by atoms with E-state index < -0.39 is 0 Å². The van der Waals surface area contributed by atoms with Gasteiger partial charge in [-0.05, 0) is 0 Å². The lowest BCUT2D eigenvalue weighted by Gasteiger charge is -1.97. The average Bonchev–Trinajstić information content (AvgIpc) is 2.76. The SMILES string of the molecule is Cn1[nH]c(Cn2cnc(CCl)c2)cc1=O. The Labute approximate surface area is 91.3 Å². The van der Waals surface area contributed by atoms with Gasteiger partial charge in [-0.15, -0.1) is 11.6 Å². The minimum Gasteiger partial charge on any atom is -0.331 e. The molecule has 0 spiro atoms. The van der Waals surface area contributed by atoms with Gasteiger partial charge in [0.25, 0.3) is 5.56 Å². The Morgan fingerprint density at radius 3 is 2.93 bits per heavy atom. The van der Waals surface area contributed by atoms with Crippen molar-refractivity contribution in [1.29, 1.82) is 0 Å². The second-order valence-electron chi connectivity index (χ2n) is 3.35. The summed E-state index contributed by atoms with van der Waals surface area (Å²) in [5.41, 5.74) is 1.64. The largest absolute Gasteiger partial charge is 0.331 e. The number of aryl methyl sites for hydroxylation is 1. The Bertz CT molecular complexity index is 510. The summed E-state index contributed by atoms with van der Waals surface area (Å²) >= 11 is 5.63. The Kier molecular flexibility index (Phi) is 2.64. The topological polar surface area (TPSA) is 55.6 Å². The Hall–Kier alpha value is -1.49. The van der Waals surface area contributed by atoms with E-state index in [0.29, 0.717) is 12.4 Å². The zero-order chi connectivity index (χ0) is 10.8. The number of imidazole rings is 1. The van der Waals surface area contributed by atoms with Crippen molar-refractivity contribution in [2.24, 2.45) is 7.05 Å². The molecule has 0 radical (unpaired) electrons. The fourth-order valence-electron chi connectivity index (χ4n) is 1.39. The third-order valence-electron chi connectivity index (χ3n) is 2.12. The van der Waals surface area contributed by atoms with Gasteiger partial charge in [0.15, 0.2) is 0 Å². The standard InChI is InChI=1S/C9H11ClN4O/c1-13-9(15)2-7(12-13)4-14-5-8(3-10)11-6-14/h2,5-6,12H,3-4H2,1H3. The smallest absolute Gasteiger partial charge is 0.266 e. The monoisotopic (exact) mass is 226 g/mol. The summed E-state index contributed by atoms with van der Waals surface area (Å²) < 4.78 is 3.32. The molecule has 80 valence electrons. The molecule has 15 heavy (non-hydrogen) atoms. The van der Waals surface area contributed by atoms with Gasteiger partial charge in [-0.2, -0.15) is 0 Å². The molecule has 2 aromatic heterocycles. The molecule has 0 bridgehead atoms. The van der Waals surface area contributed by atoms with E-state index in [2.05, 4.69) is 10.1 Å². The van der Waals surface area contributed by atoms with Gasteiger partial charge in [-0.25, -0.2) is 4.98 Å². The first kappa shape index (κ1) is 10.0. The second-order valence-corrected chi connectivity index (χ2v) is 3.62. The Morgan fingerprint density at radius 2 is 2.40 bits per heavy atom. The van der Waals surface area contributed by atoms with E-state index in [-0.39, 0.29) is 5.56 Å². The van der Waals surface area contributed by atoms with E-state index in [4.69, 9.17) is 11.6 Å². The molecular formula is C9H11ClN4O. The Balaban J connectivity index is 2.18. The predicted octanol–water partition coefficient (Wildman–Crippen LogP) is 0.697. The number of alkyl halides is 1. The summed E-state index contributed by atoms with van der Waals surface area (Å²) in [7, 11) is 1.68. The number of hydrogen-bond donors (Lipinski definition) is 1. The highest BCUT2D eigenvalue weighted by atomic mass is 35.5. The molecule has 2 aromatic rings. The first-order valence-corrected chi connectivity index (χ1v) is 5.04. The van der Waals surface area contributed by atoms with Gasteiger partial charge >= 0.3 is 0 Å². The van der Waals surface area contributed by atoms with Crippen molar-refractivity contribution in [2.45, 2.75) is 12.4 Å². The molecule has 0 saturated heterocycles. The second kappa shape index (κ2) is 3.94. The lowest BCUT2D eigenvalue weighted by Crippen LogP contribution is -2.09. The molecule has 0 amide bonds. The molecule has 0 unspecified atom stereocenters. The molecular weight excluding hydrogens is 216 g/mol. The minimum atomic E-state index is -0.0392. The maximum atomic E-state index is 11.2. The highest BCUT2D eigenvalue weighted by Crippen LogP contribution is 2.02. The number of nitrogens with zero attached hydrogens (tertiary/aromatic N) is 3. The fraction of sp³-hybridized carbons (Fsp3) is 0.333. The van der Waals surface area contributed by atoms with Gasteiger partial charge < -0.3 is 4.57 Å². The van der Waals surface area contributed by atoms with Crippen molar-refractivity contribution in [2.75, 3.05) is 0 Å². The van der Waals surface area contributed by atoms with Gasteiger partial charge in [-0.1, -0.05) is 0 Å². The number of nitrogens with one attached hydrogen (secondary N) is 1. The summed E-state index contributed by atoms with van der Waals surface area (Å²) in [4.78, 5) is 15.3. The summed E-state index contributed by atoms with van der Waals surface area (Å²) in [5, 5.41) is 2.94. The normalized spacial score (nSPS) is 10.8. The quantitative estimate of drug-likeness (QED) is 0.784. The van der Waals surface area contributed by atoms with E-state index in [1.807, 2.05) is 10.8 Å². The van der Waals surface area contributed by atoms with E-state index in [1.165, 1.54) is 4.68 Å². The fourth-order valence-corrected chi connectivity index (χ4v) is 1.53. The van der Waals surface area contributed by atoms with Crippen LogP contribution in [-0.4, -0.2) is 19.3 Å². The van der Waals surface area contributed by atoms with Crippen LogP contribution >= 0.6 is 11.6 Å². The van der Waals surface area contributed by atoms with E-state index in [1.54, 1.807) is 19.4 Å². The summed E-state index contributed by atoms with van der Waals surface area (Å²) in [5.74, 6) is 0.401. The first-order chi connectivity index (χ1) is 7.19. The maximum absolute atomic E-state index is 11.2. The summed E-state index contributed by atoms with van der Waals surface area (Å²) in [6.45, 7) is 0.597. The molecule has 2 rings (SSSR count). The molecule has 0 fully saturated rings. The molecule has 0 aliphatic rings. The molecule has 6 heteroatoms. The number of H-pyrrole nitrogens is 1. The lowest BCUT2D eigenvalue weighted by molar-refractivity contribution is 0.693. The molecule has 0 aromatic carbocycles. The number of aromatic amines is 1. The highest BCUT2D eigenvalue weighted by Gasteiger charge is 2.02. The van der Waals surface area contributed by atoms with Gasteiger partial charge in [0, 0.05) is 19.3 Å². The average molecular weight is 227 g/mol. The van der Waals surface area contributed by atoms with Crippen molar-refractivity contribution in [3.05, 3.63) is 40.3 Å². The molecule has 1 N–H and O–H groups in total. The zero-order valence-electron chi connectivity index (χ0n) is 8.27. The molecule has 0 saturated carbocycles. The van der Waals surface area contributed by atoms with Crippen LogP contribution in [0.25, 0.3) is 0 Å². The van der Waals surface area contributed by atoms with Crippen LogP contribution in [0.4, 0.5) is 0 Å². The maximum Gasteiger partial charge on any atom is 0.266 e. The van der Waals surface area contributed by atoms with Crippen LogP contribution in [0.1, 0.15) is 11.4 Å². The molecule has 0 atom stereocenters. The van der Waals surface area contributed by atoms with Gasteiger partial charge in [0.1, 0.15) is 0 Å². The van der Waals surface area contributed by atoms with Crippen molar-refractivity contribution in [3.63, 3.8) is 0 Å². The number of rotatable bonds is 3. The third-order valence-corrected chi connectivity index (χ3v) is 2.39. The first-order valence-electron chi connectivity index (χ1n) is 4.50. The van der Waals surface area contributed by atoms with Crippen LogP contribution in [0, 0.1) is 0 Å². The van der Waals surface area contributed by atoms with Gasteiger partial charge in [0.2, 0.25) is 0 Å². The summed E-state index contributed by atoms with van der Waals surface area (Å²) in [6, 6.07) is 1.57. The molecule has 2 heterocycles. The minimum absolute atomic E-state index is 0.0392. The van der Waals surface area contributed by atoms with Crippen molar-refractivity contribution in [1.82, 2.24) is 19.3 Å². The van der Waals surface area contributed by atoms with Crippen molar-refractivity contribution >= 4 is 11.6 Å². The molecule has 5 nitrogen and oxygen atoms in total. The van der Waals surface area contributed by atoms with Crippen molar-refractivity contribution < 1.29 is 0 Å². The van der Waals surface area contributed by atoms with Crippen LogP contribution in [0.2, 0.25) is 0 Å². The van der Waals surface area contributed by atoms with Crippen LogP contribution < -0.4 is 5.56 Å². The lowest BCUT2D eigenvalue weighted by atomic mass is 10.4. The van der Waals surface area contributed by atoms with E-state index in [0.717, 1.165) is 11.4 Å². The van der Waals surface area contributed by atoms with Crippen LogP contribution in [0.15, 0.2) is 23.4 Å². The highest BCUT2D eigenvalue weighted by molar-refractivity contribution is 6.16. The van der Waals surface area contributed by atoms with Gasteiger partial charge in [-0.3, -0.25) is 14.6 Å². The van der Waals surface area contributed by atoms with Crippen LogP contribution in [0.5, 0.6) is 0 Å². The van der Waals surface area contributed by atoms with Crippen LogP contribution in [-0.2, 0) is 19.5 Å².